The molecule has 4 nitrogen and oxygen atoms in total. The molecular formula is C18H26N2O2. The number of carbonyl (C=O) groups is 1. The monoisotopic (exact) mass is 302 g/mol. The van der Waals surface area contributed by atoms with Crippen molar-refractivity contribution >= 4 is 5.91 Å². The van der Waals surface area contributed by atoms with Gasteiger partial charge < -0.3 is 15.8 Å². The summed E-state index contributed by atoms with van der Waals surface area (Å²) in [5, 5.41) is 3.06. The summed E-state index contributed by atoms with van der Waals surface area (Å²) in [6.45, 7) is 0.527. The van der Waals surface area contributed by atoms with Crippen molar-refractivity contribution in [2.45, 2.75) is 57.0 Å². The van der Waals surface area contributed by atoms with Crippen LogP contribution >= 0.6 is 0 Å². The Morgan fingerprint density at radius 1 is 1.27 bits per heavy atom. The Bertz CT molecular complexity index is 512. The molecule has 0 radical (unpaired) electrons. The van der Waals surface area contributed by atoms with E-state index in [0.717, 1.165) is 24.2 Å². The molecule has 1 aliphatic carbocycles. The SMILES string of the molecule is NC(CC1CCCCC1)C(=O)NC1COc2ccccc2C1. The van der Waals surface area contributed by atoms with Gasteiger partial charge in [0.1, 0.15) is 12.4 Å². The predicted molar refractivity (Wildman–Crippen MR) is 86.7 cm³/mol. The second-order valence-corrected chi connectivity index (χ2v) is 6.67. The standard InChI is InChI=1S/C18H26N2O2/c19-16(10-13-6-2-1-3-7-13)18(21)20-15-11-14-8-4-5-9-17(14)22-12-15/h4-5,8-9,13,15-16H,1-3,6-7,10-12,19H2,(H,20,21). The molecule has 1 fully saturated rings. The highest BCUT2D eigenvalue weighted by Gasteiger charge is 2.25. The summed E-state index contributed by atoms with van der Waals surface area (Å²) in [4.78, 5) is 12.3. The van der Waals surface area contributed by atoms with Gasteiger partial charge in [0.15, 0.2) is 0 Å². The predicted octanol–water partition coefficient (Wildman–Crippen LogP) is 2.40. The number of fused-ring (bicyclic) bond motifs is 1. The highest BCUT2D eigenvalue weighted by molar-refractivity contribution is 5.81. The number of amides is 1. The lowest BCUT2D eigenvalue weighted by molar-refractivity contribution is -0.123. The summed E-state index contributed by atoms with van der Waals surface area (Å²) in [5.74, 6) is 1.52. The van der Waals surface area contributed by atoms with Gasteiger partial charge in [-0.05, 0) is 30.4 Å². The molecule has 120 valence electrons. The number of nitrogens with two attached hydrogens (primary N) is 1. The molecule has 0 bridgehead atoms. The third-order valence-corrected chi connectivity index (χ3v) is 4.87. The van der Waals surface area contributed by atoms with E-state index in [4.69, 9.17) is 10.5 Å². The second kappa shape index (κ2) is 7.14. The first-order valence-corrected chi connectivity index (χ1v) is 8.49. The zero-order chi connectivity index (χ0) is 15.4. The minimum absolute atomic E-state index is 0.0276. The number of carbonyl (C=O) groups excluding carboxylic acids is 1. The van der Waals surface area contributed by atoms with Crippen molar-refractivity contribution in [1.29, 1.82) is 0 Å². The molecule has 22 heavy (non-hydrogen) atoms. The Kier molecular flexibility index (Phi) is 4.98. The van der Waals surface area contributed by atoms with E-state index in [1.165, 1.54) is 32.1 Å². The lowest BCUT2D eigenvalue weighted by Gasteiger charge is -2.28. The van der Waals surface area contributed by atoms with Gasteiger partial charge in [0.25, 0.3) is 0 Å². The molecule has 0 spiro atoms. The van der Waals surface area contributed by atoms with Crippen molar-refractivity contribution in [3.63, 3.8) is 0 Å². The van der Waals surface area contributed by atoms with Crippen LogP contribution in [0.5, 0.6) is 5.75 Å². The smallest absolute Gasteiger partial charge is 0.237 e. The first-order valence-electron chi connectivity index (χ1n) is 8.49. The summed E-state index contributed by atoms with van der Waals surface area (Å²) in [7, 11) is 0. The van der Waals surface area contributed by atoms with Gasteiger partial charge in [-0.25, -0.2) is 0 Å². The molecule has 2 aliphatic rings. The summed E-state index contributed by atoms with van der Waals surface area (Å²) in [6.07, 6.45) is 7.98. The Labute approximate surface area is 132 Å². The molecule has 4 heteroatoms. The van der Waals surface area contributed by atoms with Gasteiger partial charge in [-0.15, -0.1) is 0 Å². The van der Waals surface area contributed by atoms with Crippen LogP contribution in [0.3, 0.4) is 0 Å². The Morgan fingerprint density at radius 2 is 2.05 bits per heavy atom. The van der Waals surface area contributed by atoms with Crippen LogP contribution in [0.2, 0.25) is 0 Å². The van der Waals surface area contributed by atoms with Crippen LogP contribution in [0, 0.1) is 5.92 Å². The highest BCUT2D eigenvalue weighted by Crippen LogP contribution is 2.27. The minimum atomic E-state index is -0.389. The van der Waals surface area contributed by atoms with Crippen LogP contribution in [0.4, 0.5) is 0 Å². The quantitative estimate of drug-likeness (QED) is 0.897. The second-order valence-electron chi connectivity index (χ2n) is 6.67. The van der Waals surface area contributed by atoms with Gasteiger partial charge in [-0.1, -0.05) is 50.3 Å². The number of hydrogen-bond donors (Lipinski definition) is 2. The van der Waals surface area contributed by atoms with E-state index in [1.54, 1.807) is 0 Å². The molecule has 1 aliphatic heterocycles. The van der Waals surface area contributed by atoms with E-state index >= 15 is 0 Å². The van der Waals surface area contributed by atoms with E-state index in [-0.39, 0.29) is 18.0 Å². The molecular weight excluding hydrogens is 276 g/mol. The van der Waals surface area contributed by atoms with Crippen LogP contribution < -0.4 is 15.8 Å². The molecule has 1 saturated carbocycles. The molecule has 1 heterocycles. The van der Waals surface area contributed by atoms with Gasteiger partial charge in [0.2, 0.25) is 5.91 Å². The molecule has 3 rings (SSSR count). The fraction of sp³-hybridized carbons (Fsp3) is 0.611. The number of para-hydroxylation sites is 1. The van der Waals surface area contributed by atoms with Crippen molar-refractivity contribution in [3.05, 3.63) is 29.8 Å². The Balaban J connectivity index is 1.49. The fourth-order valence-electron chi connectivity index (χ4n) is 3.62. The van der Waals surface area contributed by atoms with Crippen molar-refractivity contribution < 1.29 is 9.53 Å². The molecule has 1 aromatic carbocycles. The van der Waals surface area contributed by atoms with Crippen molar-refractivity contribution in [2.75, 3.05) is 6.61 Å². The average molecular weight is 302 g/mol. The van der Waals surface area contributed by atoms with Gasteiger partial charge in [-0.2, -0.15) is 0 Å². The lowest BCUT2D eigenvalue weighted by atomic mass is 9.85. The normalized spacial score (nSPS) is 23.2. The molecule has 2 unspecified atom stereocenters. The number of rotatable bonds is 4. The van der Waals surface area contributed by atoms with Crippen LogP contribution in [0.1, 0.15) is 44.1 Å². The number of benzene rings is 1. The zero-order valence-electron chi connectivity index (χ0n) is 13.1. The first-order chi connectivity index (χ1) is 10.7. The van der Waals surface area contributed by atoms with E-state index in [1.807, 2.05) is 18.2 Å². The largest absolute Gasteiger partial charge is 0.491 e. The van der Waals surface area contributed by atoms with E-state index < -0.39 is 0 Å². The third kappa shape index (κ3) is 3.80. The maximum Gasteiger partial charge on any atom is 0.237 e. The lowest BCUT2D eigenvalue weighted by Crippen LogP contribution is -2.49. The molecule has 0 saturated heterocycles. The fourth-order valence-corrected chi connectivity index (χ4v) is 3.62. The summed E-state index contributed by atoms with van der Waals surface area (Å²) < 4.78 is 5.71. The average Bonchev–Trinajstić information content (AvgIpc) is 2.55. The third-order valence-electron chi connectivity index (χ3n) is 4.87. The van der Waals surface area contributed by atoms with Gasteiger partial charge in [0.05, 0.1) is 12.1 Å². The number of hydrogen-bond acceptors (Lipinski definition) is 3. The van der Waals surface area contributed by atoms with E-state index in [2.05, 4.69) is 11.4 Å². The summed E-state index contributed by atoms with van der Waals surface area (Å²) in [6, 6.07) is 7.64. The van der Waals surface area contributed by atoms with Crippen LogP contribution in [0.25, 0.3) is 0 Å². The van der Waals surface area contributed by atoms with Gasteiger partial charge in [-0.3, -0.25) is 4.79 Å². The first kappa shape index (κ1) is 15.3. The van der Waals surface area contributed by atoms with Crippen molar-refractivity contribution in [1.82, 2.24) is 5.32 Å². The Hall–Kier alpha value is -1.55. The molecule has 0 aromatic heterocycles. The molecule has 1 aromatic rings. The van der Waals surface area contributed by atoms with Crippen molar-refractivity contribution in [3.8, 4) is 5.75 Å². The maximum atomic E-state index is 12.3. The van der Waals surface area contributed by atoms with Gasteiger partial charge >= 0.3 is 0 Å². The van der Waals surface area contributed by atoms with E-state index in [0.29, 0.717) is 12.5 Å². The molecule has 1 amide bonds. The summed E-state index contributed by atoms with van der Waals surface area (Å²) >= 11 is 0. The van der Waals surface area contributed by atoms with Crippen molar-refractivity contribution in [2.24, 2.45) is 11.7 Å². The molecule has 3 N–H and O–H groups in total. The number of ether oxygens (including phenoxy) is 1. The molecule has 2 atom stereocenters. The Morgan fingerprint density at radius 3 is 2.86 bits per heavy atom. The topological polar surface area (TPSA) is 64.4 Å². The highest BCUT2D eigenvalue weighted by atomic mass is 16.5. The summed E-state index contributed by atoms with van der Waals surface area (Å²) in [5.41, 5.74) is 7.26. The van der Waals surface area contributed by atoms with E-state index in [9.17, 15) is 4.79 Å². The maximum absolute atomic E-state index is 12.3. The van der Waals surface area contributed by atoms with Crippen LogP contribution in [-0.4, -0.2) is 24.6 Å². The number of nitrogens with one attached hydrogen (secondary N) is 1. The minimum Gasteiger partial charge on any atom is -0.491 e. The van der Waals surface area contributed by atoms with Crippen LogP contribution in [-0.2, 0) is 11.2 Å². The zero-order valence-corrected chi connectivity index (χ0v) is 13.1. The van der Waals surface area contributed by atoms with Gasteiger partial charge in [0, 0.05) is 0 Å². The van der Waals surface area contributed by atoms with Crippen LogP contribution in [0.15, 0.2) is 24.3 Å².